The number of aliphatic hydroxyl groups is 1. The lowest BCUT2D eigenvalue weighted by Gasteiger charge is -2.27. The molecule has 5 nitrogen and oxygen atoms in total. The minimum absolute atomic E-state index is 0.232. The van der Waals surface area contributed by atoms with E-state index in [0.29, 0.717) is 11.3 Å². The molecule has 2 aromatic rings. The van der Waals surface area contributed by atoms with Gasteiger partial charge in [-0.3, -0.25) is 4.79 Å². The molecule has 27 heavy (non-hydrogen) atoms. The smallest absolute Gasteiger partial charge is 0.406 e. The van der Waals surface area contributed by atoms with Gasteiger partial charge in [0.25, 0.3) is 0 Å². The first-order valence-electron chi connectivity index (χ1n) is 7.17. The van der Waals surface area contributed by atoms with E-state index >= 15 is 0 Å². The summed E-state index contributed by atoms with van der Waals surface area (Å²) in [6, 6.07) is 4.00. The molecule has 1 aromatic carbocycles. The minimum atomic E-state index is -5.20. The molecule has 0 fully saturated rings. The van der Waals surface area contributed by atoms with Crippen molar-refractivity contribution in [2.45, 2.75) is 31.5 Å². The molecule has 0 bridgehead atoms. The van der Waals surface area contributed by atoms with Crippen molar-refractivity contribution in [3.63, 3.8) is 0 Å². The van der Waals surface area contributed by atoms with Gasteiger partial charge < -0.3 is 15.2 Å². The number of anilines is 1. The third-order valence-corrected chi connectivity index (χ3v) is 4.32. The van der Waals surface area contributed by atoms with Gasteiger partial charge in [-0.2, -0.15) is 13.2 Å². The van der Waals surface area contributed by atoms with Crippen LogP contribution in [0, 0.1) is 6.92 Å². The van der Waals surface area contributed by atoms with Crippen molar-refractivity contribution in [1.29, 1.82) is 0 Å². The lowest BCUT2D eigenvalue weighted by molar-refractivity contribution is -0.274. The number of aryl methyl sites for hydroxylation is 1. The molecule has 12 heteroatoms. The second-order valence-corrected chi connectivity index (χ2v) is 6.31. The number of benzene rings is 1. The number of thiazole rings is 1. The molecule has 0 saturated heterocycles. The number of ether oxygens (including phenoxy) is 1. The van der Waals surface area contributed by atoms with Crippen LogP contribution in [0.15, 0.2) is 29.6 Å². The highest BCUT2D eigenvalue weighted by atomic mass is 32.1. The number of aromatic nitrogens is 1. The van der Waals surface area contributed by atoms with Crippen molar-refractivity contribution in [1.82, 2.24) is 4.98 Å². The number of carbonyl (C=O) groups is 1. The predicted molar refractivity (Wildman–Crippen MR) is 83.2 cm³/mol. The number of hydrogen-bond acceptors (Lipinski definition) is 5. The Kier molecular flexibility index (Phi) is 5.71. The summed E-state index contributed by atoms with van der Waals surface area (Å²) in [6.07, 6.45) is -11.6. The minimum Gasteiger partial charge on any atom is -0.406 e. The number of carbonyl (C=O) groups excluding carboxylic acids is 1. The molecule has 0 aliphatic carbocycles. The van der Waals surface area contributed by atoms with Gasteiger partial charge in [-0.15, -0.1) is 24.5 Å². The highest BCUT2D eigenvalue weighted by Crippen LogP contribution is 2.43. The second-order valence-electron chi connectivity index (χ2n) is 5.45. The fourth-order valence-electron chi connectivity index (χ4n) is 2.05. The van der Waals surface area contributed by atoms with Crippen LogP contribution >= 0.6 is 11.3 Å². The average molecular weight is 414 g/mol. The molecule has 0 aliphatic heterocycles. The largest absolute Gasteiger partial charge is 0.573 e. The van der Waals surface area contributed by atoms with E-state index in [1.54, 1.807) is 0 Å². The van der Waals surface area contributed by atoms with Crippen LogP contribution in [0.4, 0.5) is 32.0 Å². The van der Waals surface area contributed by atoms with Crippen LogP contribution in [0.3, 0.4) is 0 Å². The van der Waals surface area contributed by atoms with E-state index in [0.717, 1.165) is 24.3 Å². The zero-order valence-electron chi connectivity index (χ0n) is 13.5. The maximum atomic E-state index is 13.3. The molecule has 2 N–H and O–H groups in total. The van der Waals surface area contributed by atoms with Gasteiger partial charge in [-0.1, -0.05) is 6.07 Å². The lowest BCUT2D eigenvalue weighted by atomic mass is 9.99. The van der Waals surface area contributed by atoms with Crippen molar-refractivity contribution >= 4 is 22.9 Å². The average Bonchev–Trinajstić information content (AvgIpc) is 2.91. The summed E-state index contributed by atoms with van der Waals surface area (Å²) in [4.78, 5) is 15.6. The molecule has 1 amide bonds. The van der Waals surface area contributed by atoms with E-state index in [-0.39, 0.29) is 11.4 Å². The Bertz CT molecular complexity index is 820. The summed E-state index contributed by atoms with van der Waals surface area (Å²) in [7, 11) is 0. The summed E-state index contributed by atoms with van der Waals surface area (Å²) in [5.74, 6) is -1.94. The van der Waals surface area contributed by atoms with Gasteiger partial charge in [0.1, 0.15) is 10.8 Å². The maximum Gasteiger partial charge on any atom is 0.573 e. The lowest BCUT2D eigenvalue weighted by Crippen LogP contribution is -2.45. The monoisotopic (exact) mass is 414 g/mol. The van der Waals surface area contributed by atoms with Crippen molar-refractivity contribution in [2.75, 3.05) is 5.32 Å². The molecule has 2 rings (SSSR count). The van der Waals surface area contributed by atoms with Crippen LogP contribution in [0.25, 0.3) is 0 Å². The Labute approximate surface area is 152 Å². The van der Waals surface area contributed by atoms with Gasteiger partial charge in [0, 0.05) is 22.8 Å². The summed E-state index contributed by atoms with van der Waals surface area (Å²) in [5, 5.41) is 12.6. The van der Waals surface area contributed by atoms with Gasteiger partial charge in [0.05, 0.1) is 6.42 Å². The van der Waals surface area contributed by atoms with E-state index < -0.39 is 41.2 Å². The Morgan fingerprint density at radius 3 is 2.44 bits per heavy atom. The van der Waals surface area contributed by atoms with E-state index in [1.807, 2.05) is 5.32 Å². The summed E-state index contributed by atoms with van der Waals surface area (Å²) < 4.78 is 80.3. The fraction of sp³-hybridized carbons (Fsp3) is 0.333. The van der Waals surface area contributed by atoms with E-state index in [4.69, 9.17) is 0 Å². The third-order valence-electron chi connectivity index (χ3n) is 3.21. The van der Waals surface area contributed by atoms with Crippen LogP contribution in [0.2, 0.25) is 0 Å². The zero-order valence-corrected chi connectivity index (χ0v) is 14.3. The quantitative estimate of drug-likeness (QED) is 0.722. The predicted octanol–water partition coefficient (Wildman–Crippen LogP) is 4.13. The Balaban J connectivity index is 2.19. The molecular formula is C15H12F6N2O3S. The molecule has 0 spiro atoms. The van der Waals surface area contributed by atoms with E-state index in [1.165, 1.54) is 12.3 Å². The van der Waals surface area contributed by atoms with Crippen molar-refractivity contribution in [3.05, 3.63) is 40.3 Å². The van der Waals surface area contributed by atoms with Crippen LogP contribution < -0.4 is 10.1 Å². The summed E-state index contributed by atoms with van der Waals surface area (Å²) >= 11 is 0.534. The van der Waals surface area contributed by atoms with Crippen molar-refractivity contribution in [3.8, 4) is 5.75 Å². The number of nitrogens with zero attached hydrogens (tertiary/aromatic N) is 1. The first kappa shape index (κ1) is 21.0. The molecule has 1 atom stereocenters. The van der Waals surface area contributed by atoms with Gasteiger partial charge in [0.2, 0.25) is 11.5 Å². The standard InChI is InChI=1S/C15H12F6N2O3S/c1-8-7-27-12(22-8)13(25,14(16,17)18)6-11(24)23-9-3-2-4-10(5-9)26-15(19,20)21/h2-5,7,25H,6H2,1H3,(H,23,24). The fourth-order valence-corrected chi connectivity index (χ4v) is 2.96. The maximum absolute atomic E-state index is 13.3. The number of nitrogens with one attached hydrogen (secondary N) is 1. The molecule has 0 aliphatic rings. The Morgan fingerprint density at radius 2 is 1.93 bits per heavy atom. The molecule has 1 aromatic heterocycles. The summed E-state index contributed by atoms with van der Waals surface area (Å²) in [6.45, 7) is 1.42. The first-order chi connectivity index (χ1) is 12.3. The Morgan fingerprint density at radius 1 is 1.26 bits per heavy atom. The van der Waals surface area contributed by atoms with Gasteiger partial charge in [0.15, 0.2) is 0 Å². The number of amides is 1. The second kappa shape index (κ2) is 7.35. The molecule has 148 valence electrons. The normalized spacial score (nSPS) is 14.5. The van der Waals surface area contributed by atoms with Gasteiger partial charge in [-0.25, -0.2) is 4.98 Å². The van der Waals surface area contributed by atoms with Crippen LogP contribution in [0.1, 0.15) is 17.1 Å². The molecule has 0 radical (unpaired) electrons. The van der Waals surface area contributed by atoms with Crippen LogP contribution in [-0.4, -0.2) is 28.5 Å². The number of rotatable bonds is 5. The molecule has 1 heterocycles. The van der Waals surface area contributed by atoms with Crippen LogP contribution in [0.5, 0.6) is 5.75 Å². The highest BCUT2D eigenvalue weighted by Gasteiger charge is 2.58. The summed E-state index contributed by atoms with van der Waals surface area (Å²) in [5.41, 5.74) is -3.53. The van der Waals surface area contributed by atoms with Crippen LogP contribution in [-0.2, 0) is 10.4 Å². The SMILES string of the molecule is Cc1csc(C(O)(CC(=O)Nc2cccc(OC(F)(F)F)c2)C(F)(F)F)n1. The Hall–Kier alpha value is -2.34. The van der Waals surface area contributed by atoms with Crippen molar-refractivity contribution in [2.24, 2.45) is 0 Å². The zero-order chi connectivity index (χ0) is 20.5. The highest BCUT2D eigenvalue weighted by molar-refractivity contribution is 7.09. The molecule has 0 saturated carbocycles. The number of alkyl halides is 6. The topological polar surface area (TPSA) is 71.5 Å². The number of halogens is 6. The van der Waals surface area contributed by atoms with E-state index in [2.05, 4.69) is 9.72 Å². The molecule has 1 unspecified atom stereocenters. The molecular weight excluding hydrogens is 402 g/mol. The third kappa shape index (κ3) is 5.32. The van der Waals surface area contributed by atoms with Crippen molar-refractivity contribution < 1.29 is 41.0 Å². The van der Waals surface area contributed by atoms with E-state index in [9.17, 15) is 36.2 Å². The van der Waals surface area contributed by atoms with Gasteiger partial charge in [-0.05, 0) is 19.1 Å². The number of hydrogen-bond donors (Lipinski definition) is 2. The van der Waals surface area contributed by atoms with Gasteiger partial charge >= 0.3 is 12.5 Å². The first-order valence-corrected chi connectivity index (χ1v) is 8.05.